The monoisotopic (exact) mass is 419 g/mol. The zero-order valence-corrected chi connectivity index (χ0v) is 15.4. The Morgan fingerprint density at radius 3 is 1.89 bits per heavy atom. The minimum atomic E-state index is -2.18. The molecule has 4 nitrogen and oxygen atoms in total. The molecule has 1 aliphatic rings. The second-order valence-electron chi connectivity index (χ2n) is 6.24. The van der Waals surface area contributed by atoms with Gasteiger partial charge in [0, 0.05) is 38.8 Å². The summed E-state index contributed by atoms with van der Waals surface area (Å²) >= 11 is 6.24. The van der Waals surface area contributed by atoms with E-state index >= 15 is 0 Å². The molecule has 0 radical (unpaired) electrons. The van der Waals surface area contributed by atoms with Crippen molar-refractivity contribution in [3.8, 4) is 0 Å². The number of carbonyl (C=O) groups is 1. The van der Waals surface area contributed by atoms with Gasteiger partial charge >= 0.3 is 0 Å². The Morgan fingerprint density at radius 2 is 1.39 bits per heavy atom. The lowest BCUT2D eigenvalue weighted by Crippen LogP contribution is -2.47. The molecule has 2 aromatic rings. The van der Waals surface area contributed by atoms with E-state index in [9.17, 15) is 26.7 Å². The number of carbonyl (C=O) groups excluding carboxylic acids is 1. The summed E-state index contributed by atoms with van der Waals surface area (Å²) in [6.45, 7) is 1.92. The molecular weight excluding hydrogens is 405 g/mol. The van der Waals surface area contributed by atoms with E-state index in [1.165, 1.54) is 6.92 Å². The molecule has 1 aliphatic heterocycles. The number of nitrogens with one attached hydrogen (secondary N) is 1. The van der Waals surface area contributed by atoms with Crippen LogP contribution >= 0.6 is 11.6 Å². The average molecular weight is 420 g/mol. The van der Waals surface area contributed by atoms with Crippen LogP contribution in [0.2, 0.25) is 5.02 Å². The Labute approximate surface area is 162 Å². The number of hydrogen-bond acceptors (Lipinski definition) is 3. The fourth-order valence-corrected chi connectivity index (χ4v) is 3.39. The molecule has 0 saturated carbocycles. The standard InChI is InChI=1S/C18H15ClF5N3O/c1-9(28)25-10-2-3-12(11(19)8-10)26-4-6-27(7-5-26)18-16(23)14(21)13(20)15(22)17(18)24/h2-3,8H,4-7H2,1H3,(H,25,28). The summed E-state index contributed by atoms with van der Waals surface area (Å²) in [4.78, 5) is 14.0. The quantitative estimate of drug-likeness (QED) is 0.457. The first kappa shape index (κ1) is 20.2. The maximum absolute atomic E-state index is 14.0. The average Bonchev–Trinajstić information content (AvgIpc) is 2.65. The van der Waals surface area contributed by atoms with Crippen molar-refractivity contribution in [3.05, 3.63) is 52.3 Å². The Balaban J connectivity index is 1.78. The van der Waals surface area contributed by atoms with Gasteiger partial charge in [0.1, 0.15) is 5.69 Å². The van der Waals surface area contributed by atoms with Gasteiger partial charge in [-0.15, -0.1) is 0 Å². The van der Waals surface area contributed by atoms with Gasteiger partial charge in [0.05, 0.1) is 10.7 Å². The molecule has 2 aromatic carbocycles. The van der Waals surface area contributed by atoms with Crippen molar-refractivity contribution in [3.63, 3.8) is 0 Å². The van der Waals surface area contributed by atoms with E-state index in [1.807, 2.05) is 4.90 Å². The summed E-state index contributed by atoms with van der Waals surface area (Å²) in [6, 6.07) is 4.90. The Hall–Kier alpha value is -2.55. The van der Waals surface area contributed by atoms with Crippen LogP contribution in [0.4, 0.5) is 39.0 Å². The van der Waals surface area contributed by atoms with Crippen LogP contribution in [0.1, 0.15) is 6.92 Å². The Kier molecular flexibility index (Phi) is 5.64. The zero-order chi connectivity index (χ0) is 20.6. The zero-order valence-electron chi connectivity index (χ0n) is 14.6. The predicted octanol–water partition coefficient (Wildman–Crippen LogP) is 4.32. The normalized spacial score (nSPS) is 14.4. The molecule has 1 amide bonds. The number of rotatable bonds is 3. The highest BCUT2D eigenvalue weighted by molar-refractivity contribution is 6.33. The van der Waals surface area contributed by atoms with Gasteiger partial charge in [-0.3, -0.25) is 4.79 Å². The van der Waals surface area contributed by atoms with Crippen molar-refractivity contribution in [1.29, 1.82) is 0 Å². The summed E-state index contributed by atoms with van der Waals surface area (Å²) in [5.74, 6) is -10.0. The van der Waals surface area contributed by atoms with E-state index in [0.717, 1.165) is 4.90 Å². The lowest BCUT2D eigenvalue weighted by atomic mass is 10.2. The van der Waals surface area contributed by atoms with Crippen LogP contribution in [0.15, 0.2) is 18.2 Å². The third-order valence-electron chi connectivity index (χ3n) is 4.39. The van der Waals surface area contributed by atoms with Gasteiger partial charge in [-0.1, -0.05) is 11.6 Å². The van der Waals surface area contributed by atoms with Crippen LogP contribution in [0.3, 0.4) is 0 Å². The second-order valence-corrected chi connectivity index (χ2v) is 6.65. The highest BCUT2D eigenvalue weighted by Gasteiger charge is 2.31. The van der Waals surface area contributed by atoms with Gasteiger partial charge in [-0.2, -0.15) is 0 Å². The molecule has 0 spiro atoms. The number of anilines is 3. The van der Waals surface area contributed by atoms with Crippen LogP contribution in [-0.4, -0.2) is 32.1 Å². The molecule has 0 aromatic heterocycles. The third kappa shape index (κ3) is 3.71. The van der Waals surface area contributed by atoms with Gasteiger partial charge in [-0.05, 0) is 18.2 Å². The lowest BCUT2D eigenvalue weighted by Gasteiger charge is -2.38. The molecule has 1 saturated heterocycles. The van der Waals surface area contributed by atoms with Gasteiger partial charge in [0.15, 0.2) is 23.3 Å². The van der Waals surface area contributed by atoms with Gasteiger partial charge < -0.3 is 15.1 Å². The largest absolute Gasteiger partial charge is 0.367 e. The van der Waals surface area contributed by atoms with Crippen molar-refractivity contribution in [2.24, 2.45) is 0 Å². The Bertz CT molecular complexity index is 903. The van der Waals surface area contributed by atoms with E-state index in [-0.39, 0.29) is 32.1 Å². The lowest BCUT2D eigenvalue weighted by molar-refractivity contribution is -0.114. The fraction of sp³-hybridized carbons (Fsp3) is 0.278. The van der Waals surface area contributed by atoms with Crippen molar-refractivity contribution in [2.75, 3.05) is 41.3 Å². The van der Waals surface area contributed by atoms with E-state index in [4.69, 9.17) is 11.6 Å². The van der Waals surface area contributed by atoms with Crippen LogP contribution in [-0.2, 0) is 4.79 Å². The smallest absolute Gasteiger partial charge is 0.221 e. The molecular formula is C18H15ClF5N3O. The van der Waals surface area contributed by atoms with Crippen LogP contribution in [0.5, 0.6) is 0 Å². The summed E-state index contributed by atoms with van der Waals surface area (Å²) in [5.41, 5.74) is 0.220. The second kappa shape index (κ2) is 7.83. The maximum Gasteiger partial charge on any atom is 0.221 e. The molecule has 0 atom stereocenters. The van der Waals surface area contributed by atoms with Crippen molar-refractivity contribution in [1.82, 2.24) is 0 Å². The van der Waals surface area contributed by atoms with Crippen molar-refractivity contribution >= 4 is 34.6 Å². The first-order valence-corrected chi connectivity index (χ1v) is 8.67. The topological polar surface area (TPSA) is 35.6 Å². The van der Waals surface area contributed by atoms with E-state index in [2.05, 4.69) is 5.32 Å². The number of hydrogen-bond donors (Lipinski definition) is 1. The van der Waals surface area contributed by atoms with E-state index in [0.29, 0.717) is 16.4 Å². The van der Waals surface area contributed by atoms with Crippen LogP contribution < -0.4 is 15.1 Å². The molecule has 1 heterocycles. The van der Waals surface area contributed by atoms with Crippen LogP contribution in [0, 0.1) is 29.1 Å². The highest BCUT2D eigenvalue weighted by atomic mass is 35.5. The first-order chi connectivity index (χ1) is 13.2. The number of piperazine rings is 1. The SMILES string of the molecule is CC(=O)Nc1ccc(N2CCN(c3c(F)c(F)c(F)c(F)c3F)CC2)c(Cl)c1. The van der Waals surface area contributed by atoms with Gasteiger partial charge in [0.25, 0.3) is 0 Å². The molecule has 0 unspecified atom stereocenters. The third-order valence-corrected chi connectivity index (χ3v) is 4.69. The number of halogens is 6. The Morgan fingerprint density at radius 1 is 0.893 bits per heavy atom. The summed E-state index contributed by atoms with van der Waals surface area (Å²) < 4.78 is 68.1. The molecule has 28 heavy (non-hydrogen) atoms. The fourth-order valence-electron chi connectivity index (χ4n) is 3.09. The van der Waals surface area contributed by atoms with Crippen molar-refractivity contribution < 1.29 is 26.7 Å². The molecule has 3 rings (SSSR count). The van der Waals surface area contributed by atoms with Crippen LogP contribution in [0.25, 0.3) is 0 Å². The molecule has 0 bridgehead atoms. The minimum Gasteiger partial charge on any atom is -0.367 e. The summed E-state index contributed by atoms with van der Waals surface area (Å²) in [5, 5.41) is 2.95. The number of benzene rings is 2. The molecule has 10 heteroatoms. The van der Waals surface area contributed by atoms with E-state index in [1.54, 1.807) is 18.2 Å². The maximum atomic E-state index is 14.0. The summed E-state index contributed by atoms with van der Waals surface area (Å²) in [6.07, 6.45) is 0. The minimum absolute atomic E-state index is 0.0299. The predicted molar refractivity (Wildman–Crippen MR) is 96.4 cm³/mol. The van der Waals surface area contributed by atoms with Crippen molar-refractivity contribution in [2.45, 2.75) is 6.92 Å². The molecule has 1 fully saturated rings. The molecule has 1 N–H and O–H groups in total. The molecule has 150 valence electrons. The highest BCUT2D eigenvalue weighted by Crippen LogP contribution is 2.33. The van der Waals surface area contributed by atoms with E-state index < -0.39 is 34.8 Å². The number of amides is 1. The van der Waals surface area contributed by atoms with Gasteiger partial charge in [0.2, 0.25) is 11.7 Å². The van der Waals surface area contributed by atoms with Gasteiger partial charge in [-0.25, -0.2) is 22.0 Å². The summed E-state index contributed by atoms with van der Waals surface area (Å²) in [7, 11) is 0. The number of nitrogens with zero attached hydrogens (tertiary/aromatic N) is 2. The molecule has 0 aliphatic carbocycles. The first-order valence-electron chi connectivity index (χ1n) is 8.29.